The first-order valence-corrected chi connectivity index (χ1v) is 6.20. The van der Waals surface area contributed by atoms with Crippen LogP contribution in [0, 0.1) is 11.8 Å². The molecule has 2 atom stereocenters. The van der Waals surface area contributed by atoms with E-state index in [1.807, 2.05) is 6.92 Å². The lowest BCUT2D eigenvalue weighted by Crippen LogP contribution is -2.38. The third-order valence-electron chi connectivity index (χ3n) is 3.14. The first-order valence-electron chi connectivity index (χ1n) is 6.20. The quantitative estimate of drug-likeness (QED) is 0.730. The fourth-order valence-corrected chi connectivity index (χ4v) is 1.94. The van der Waals surface area contributed by atoms with Crippen molar-refractivity contribution < 1.29 is 19.4 Å². The average molecular weight is 243 g/mol. The van der Waals surface area contributed by atoms with E-state index in [9.17, 15) is 9.59 Å². The van der Waals surface area contributed by atoms with Crippen molar-refractivity contribution >= 4 is 11.9 Å². The van der Waals surface area contributed by atoms with Gasteiger partial charge in [-0.05, 0) is 18.8 Å². The van der Waals surface area contributed by atoms with E-state index in [1.54, 1.807) is 0 Å². The van der Waals surface area contributed by atoms with Crippen LogP contribution in [0.1, 0.15) is 32.6 Å². The van der Waals surface area contributed by atoms with Crippen LogP contribution in [-0.2, 0) is 14.3 Å². The molecule has 0 aromatic heterocycles. The number of hydrogen-bond donors (Lipinski definition) is 2. The van der Waals surface area contributed by atoms with Crippen molar-refractivity contribution in [3.63, 3.8) is 0 Å². The monoisotopic (exact) mass is 243 g/mol. The predicted octanol–water partition coefficient (Wildman–Crippen LogP) is 1.03. The van der Waals surface area contributed by atoms with E-state index in [-0.39, 0.29) is 24.2 Å². The number of rotatable bonds is 6. The number of amides is 1. The van der Waals surface area contributed by atoms with Crippen LogP contribution in [0.3, 0.4) is 0 Å². The molecule has 1 fully saturated rings. The van der Waals surface area contributed by atoms with Gasteiger partial charge in [-0.15, -0.1) is 0 Å². The maximum absolute atomic E-state index is 11.8. The molecule has 5 heteroatoms. The van der Waals surface area contributed by atoms with Crippen molar-refractivity contribution in [2.45, 2.75) is 32.6 Å². The topological polar surface area (TPSA) is 75.6 Å². The number of aliphatic carboxylic acids is 1. The van der Waals surface area contributed by atoms with E-state index in [1.165, 1.54) is 0 Å². The zero-order valence-corrected chi connectivity index (χ0v) is 10.3. The molecule has 1 rings (SSSR count). The van der Waals surface area contributed by atoms with Crippen LogP contribution in [0.4, 0.5) is 0 Å². The summed E-state index contributed by atoms with van der Waals surface area (Å²) in [5.74, 6) is -0.868. The molecule has 5 nitrogen and oxygen atoms in total. The molecule has 2 unspecified atom stereocenters. The van der Waals surface area contributed by atoms with Gasteiger partial charge in [-0.3, -0.25) is 9.59 Å². The lowest BCUT2D eigenvalue weighted by Gasteiger charge is -2.22. The Morgan fingerprint density at radius 3 is 2.82 bits per heavy atom. The number of ether oxygens (including phenoxy) is 1. The summed E-state index contributed by atoms with van der Waals surface area (Å²) in [6.45, 7) is 3.60. The summed E-state index contributed by atoms with van der Waals surface area (Å²) >= 11 is 0. The molecule has 0 aromatic rings. The summed E-state index contributed by atoms with van der Waals surface area (Å²) in [4.78, 5) is 22.3. The van der Waals surface area contributed by atoms with E-state index >= 15 is 0 Å². The van der Waals surface area contributed by atoms with Crippen molar-refractivity contribution in [2.75, 3.05) is 19.8 Å². The van der Waals surface area contributed by atoms with Crippen LogP contribution in [0.5, 0.6) is 0 Å². The highest BCUT2D eigenvalue weighted by Gasteiger charge is 2.22. The minimum Gasteiger partial charge on any atom is -0.481 e. The van der Waals surface area contributed by atoms with Crippen molar-refractivity contribution in [3.8, 4) is 0 Å². The van der Waals surface area contributed by atoms with Crippen molar-refractivity contribution in [2.24, 2.45) is 11.8 Å². The number of carbonyl (C=O) groups is 2. The van der Waals surface area contributed by atoms with Gasteiger partial charge in [0.15, 0.2) is 0 Å². The number of nitrogens with one attached hydrogen (secondary N) is 1. The summed E-state index contributed by atoms with van der Waals surface area (Å²) in [6.07, 6.45) is 2.65. The molecule has 0 aromatic carbocycles. The van der Waals surface area contributed by atoms with E-state index in [0.717, 1.165) is 25.9 Å². The van der Waals surface area contributed by atoms with Gasteiger partial charge in [0.2, 0.25) is 5.91 Å². The van der Waals surface area contributed by atoms with Gasteiger partial charge >= 0.3 is 5.97 Å². The highest BCUT2D eigenvalue weighted by molar-refractivity contribution is 5.78. The second kappa shape index (κ2) is 7.27. The third-order valence-corrected chi connectivity index (χ3v) is 3.14. The molecule has 1 heterocycles. The van der Waals surface area contributed by atoms with Crippen LogP contribution in [0.15, 0.2) is 0 Å². The molecule has 1 saturated heterocycles. The molecule has 0 bridgehead atoms. The van der Waals surface area contributed by atoms with Crippen molar-refractivity contribution in [3.05, 3.63) is 0 Å². The zero-order chi connectivity index (χ0) is 12.7. The lowest BCUT2D eigenvalue weighted by molar-refractivity contribution is -0.138. The van der Waals surface area contributed by atoms with E-state index in [4.69, 9.17) is 9.84 Å². The second-order valence-electron chi connectivity index (χ2n) is 4.53. The van der Waals surface area contributed by atoms with Gasteiger partial charge in [-0.25, -0.2) is 0 Å². The molecule has 0 aliphatic carbocycles. The molecule has 1 aliphatic heterocycles. The lowest BCUT2D eigenvalue weighted by atomic mass is 9.99. The minimum absolute atomic E-state index is 0.00598. The largest absolute Gasteiger partial charge is 0.481 e. The maximum atomic E-state index is 11.8. The van der Waals surface area contributed by atoms with E-state index in [2.05, 4.69) is 5.32 Å². The summed E-state index contributed by atoms with van der Waals surface area (Å²) < 4.78 is 5.25. The Bertz CT molecular complexity index is 261. The SMILES string of the molecule is CCC(CNC(=O)C1CCCOC1)CC(=O)O. The van der Waals surface area contributed by atoms with Gasteiger partial charge in [0, 0.05) is 19.6 Å². The van der Waals surface area contributed by atoms with Gasteiger partial charge in [-0.2, -0.15) is 0 Å². The Balaban J connectivity index is 2.27. The van der Waals surface area contributed by atoms with Crippen LogP contribution in [0.2, 0.25) is 0 Å². The fourth-order valence-electron chi connectivity index (χ4n) is 1.94. The first-order chi connectivity index (χ1) is 8.13. The minimum atomic E-state index is -0.813. The van der Waals surface area contributed by atoms with E-state index < -0.39 is 5.97 Å². The fraction of sp³-hybridized carbons (Fsp3) is 0.833. The molecule has 0 saturated carbocycles. The Labute approximate surface area is 102 Å². The standard InChI is InChI=1S/C12H21NO4/c1-2-9(6-11(14)15)7-13-12(16)10-4-3-5-17-8-10/h9-10H,2-8H2,1H3,(H,13,16)(H,14,15). The normalized spacial score (nSPS) is 21.8. The highest BCUT2D eigenvalue weighted by atomic mass is 16.5. The summed E-state index contributed by atoms with van der Waals surface area (Å²) in [7, 11) is 0. The van der Waals surface area contributed by atoms with Crippen LogP contribution in [0.25, 0.3) is 0 Å². The van der Waals surface area contributed by atoms with Gasteiger partial charge in [0.05, 0.1) is 12.5 Å². The number of carboxylic acids is 1. The average Bonchev–Trinajstić information content (AvgIpc) is 2.34. The van der Waals surface area contributed by atoms with Gasteiger partial charge in [0.25, 0.3) is 0 Å². The molecule has 1 aliphatic rings. The predicted molar refractivity (Wildman–Crippen MR) is 62.6 cm³/mol. The highest BCUT2D eigenvalue weighted by Crippen LogP contribution is 2.14. The van der Waals surface area contributed by atoms with Gasteiger partial charge in [-0.1, -0.05) is 13.3 Å². The second-order valence-corrected chi connectivity index (χ2v) is 4.53. The Hall–Kier alpha value is -1.10. The molecule has 17 heavy (non-hydrogen) atoms. The zero-order valence-electron chi connectivity index (χ0n) is 10.3. The van der Waals surface area contributed by atoms with Gasteiger partial charge < -0.3 is 15.2 Å². The van der Waals surface area contributed by atoms with Crippen molar-refractivity contribution in [1.29, 1.82) is 0 Å². The Kier molecular flexibility index (Phi) is 5.97. The van der Waals surface area contributed by atoms with Gasteiger partial charge in [0.1, 0.15) is 0 Å². The number of hydrogen-bond acceptors (Lipinski definition) is 3. The summed E-state index contributed by atoms with van der Waals surface area (Å²) in [5, 5.41) is 11.5. The van der Waals surface area contributed by atoms with E-state index in [0.29, 0.717) is 13.2 Å². The summed E-state index contributed by atoms with van der Waals surface area (Å²) in [6, 6.07) is 0. The Morgan fingerprint density at radius 2 is 2.29 bits per heavy atom. The molecule has 1 amide bonds. The van der Waals surface area contributed by atoms with Crippen LogP contribution < -0.4 is 5.32 Å². The molecule has 0 spiro atoms. The maximum Gasteiger partial charge on any atom is 0.303 e. The van der Waals surface area contributed by atoms with Crippen LogP contribution in [-0.4, -0.2) is 36.7 Å². The number of carboxylic acid groups (broad SMARTS) is 1. The molecular weight excluding hydrogens is 222 g/mol. The smallest absolute Gasteiger partial charge is 0.303 e. The molecular formula is C12H21NO4. The molecule has 98 valence electrons. The summed E-state index contributed by atoms with van der Waals surface area (Å²) in [5.41, 5.74) is 0. The Morgan fingerprint density at radius 1 is 1.53 bits per heavy atom. The molecule has 2 N–H and O–H groups in total. The van der Waals surface area contributed by atoms with Crippen molar-refractivity contribution in [1.82, 2.24) is 5.32 Å². The number of carbonyl (C=O) groups excluding carboxylic acids is 1. The van der Waals surface area contributed by atoms with Crippen LogP contribution >= 0.6 is 0 Å². The molecule has 0 radical (unpaired) electrons. The first kappa shape index (κ1) is 14.0. The third kappa shape index (κ3) is 5.17.